The molecule has 0 amide bonds. The molecule has 2 aromatic heterocycles. The van der Waals surface area contributed by atoms with E-state index >= 15 is 0 Å². The highest BCUT2D eigenvalue weighted by molar-refractivity contribution is 7.45. The molecular formula is C10H10N4O8P-. The van der Waals surface area contributed by atoms with Crippen LogP contribution in [0.2, 0.25) is 0 Å². The minimum absolute atomic E-state index is 0.0349. The Morgan fingerprint density at radius 3 is 3.00 bits per heavy atom. The van der Waals surface area contributed by atoms with Gasteiger partial charge in [-0.2, -0.15) is 0 Å². The van der Waals surface area contributed by atoms with Crippen molar-refractivity contribution in [3.05, 3.63) is 27.2 Å². The van der Waals surface area contributed by atoms with Gasteiger partial charge < -0.3 is 23.8 Å². The smallest absolute Gasteiger partial charge is 0.327 e. The van der Waals surface area contributed by atoms with Crippen molar-refractivity contribution in [3.63, 3.8) is 0 Å². The van der Waals surface area contributed by atoms with Crippen molar-refractivity contribution in [2.24, 2.45) is 0 Å². The molecule has 0 aromatic carbocycles. The zero-order chi connectivity index (χ0) is 16.4. The van der Waals surface area contributed by atoms with Gasteiger partial charge in [-0.05, 0) is 0 Å². The van der Waals surface area contributed by atoms with Crippen molar-refractivity contribution in [2.45, 2.75) is 24.5 Å². The Morgan fingerprint density at radius 2 is 2.22 bits per heavy atom. The van der Waals surface area contributed by atoms with Gasteiger partial charge in [0.15, 0.2) is 11.7 Å². The summed E-state index contributed by atoms with van der Waals surface area (Å²) in [6.07, 6.45) is -3.25. The predicted octanol–water partition coefficient (Wildman–Crippen LogP) is -2.44. The summed E-state index contributed by atoms with van der Waals surface area (Å²) in [5, 5.41) is 10.3. The third kappa shape index (κ3) is 2.27. The average Bonchev–Trinajstić information content (AvgIpc) is 3.00. The minimum atomic E-state index is -4.49. The van der Waals surface area contributed by atoms with Crippen LogP contribution in [0, 0.1) is 0 Å². The molecule has 0 spiro atoms. The van der Waals surface area contributed by atoms with Crippen LogP contribution in [0.25, 0.3) is 11.2 Å². The maximum atomic E-state index is 11.7. The molecule has 12 nitrogen and oxygen atoms in total. The first-order valence-corrected chi connectivity index (χ1v) is 7.98. The number of fused-ring (bicyclic) bond motifs is 2. The molecule has 5 unspecified atom stereocenters. The molecule has 0 saturated carbocycles. The number of H-pyrrole nitrogens is 2. The lowest BCUT2D eigenvalue weighted by Gasteiger charge is -2.34. The molecule has 3 N–H and O–H groups in total. The number of aliphatic hydroxyl groups is 1. The molecule has 2 fully saturated rings. The number of rotatable bonds is 1. The van der Waals surface area contributed by atoms with Crippen LogP contribution in [0.15, 0.2) is 15.9 Å². The average molecular weight is 345 g/mol. The Bertz CT molecular complexity index is 933. The summed E-state index contributed by atoms with van der Waals surface area (Å²) in [4.78, 5) is 42.7. The van der Waals surface area contributed by atoms with Crippen molar-refractivity contribution < 1.29 is 28.3 Å². The summed E-state index contributed by atoms with van der Waals surface area (Å²) in [7, 11) is -4.49. The van der Waals surface area contributed by atoms with E-state index in [9.17, 15) is 24.2 Å². The molecule has 13 heteroatoms. The van der Waals surface area contributed by atoms with Crippen molar-refractivity contribution in [2.75, 3.05) is 6.61 Å². The number of hydrogen-bond acceptors (Lipinski definition) is 9. The molecule has 124 valence electrons. The van der Waals surface area contributed by atoms with Gasteiger partial charge in [0, 0.05) is 0 Å². The number of phosphoric ester groups is 1. The summed E-state index contributed by atoms with van der Waals surface area (Å²) in [6, 6.07) is 0. The summed E-state index contributed by atoms with van der Waals surface area (Å²) >= 11 is 0. The molecule has 4 rings (SSSR count). The summed E-state index contributed by atoms with van der Waals surface area (Å²) in [5.41, 5.74) is -1.47. The van der Waals surface area contributed by atoms with E-state index < -0.39 is 43.6 Å². The second kappa shape index (κ2) is 4.84. The Kier molecular flexibility index (Phi) is 3.10. The standard InChI is InChI=1S/C10H11N4O8P/c15-5-6-3(1-20-23(18,19)22-6)21-9(5)14-2-11-4-7(14)12-10(17)13-8(4)16/h2-3,5-6,9,15H,1H2,(H,18,19)(H2,12,13,16,17)/p-1. The Hall–Kier alpha value is -1.82. The fourth-order valence-corrected chi connectivity index (χ4v) is 3.65. The Labute approximate surface area is 126 Å². The lowest BCUT2D eigenvalue weighted by molar-refractivity contribution is -0.245. The topological polar surface area (TPSA) is 172 Å². The Balaban J connectivity index is 1.76. The number of aromatic amines is 2. The molecule has 2 aromatic rings. The highest BCUT2D eigenvalue weighted by Crippen LogP contribution is 2.49. The number of imidazole rings is 1. The van der Waals surface area contributed by atoms with Gasteiger partial charge in [0.2, 0.25) is 0 Å². The molecule has 5 atom stereocenters. The number of ether oxygens (including phenoxy) is 1. The number of hydrogen-bond donors (Lipinski definition) is 3. The van der Waals surface area contributed by atoms with Crippen molar-refractivity contribution in [1.82, 2.24) is 19.5 Å². The highest BCUT2D eigenvalue weighted by atomic mass is 31.2. The first kappa shape index (κ1) is 14.8. The van der Waals surface area contributed by atoms with Gasteiger partial charge >= 0.3 is 5.69 Å². The largest absolute Gasteiger partial charge is 0.756 e. The maximum absolute atomic E-state index is 11.7. The van der Waals surface area contributed by atoms with Crippen LogP contribution < -0.4 is 16.1 Å². The molecule has 23 heavy (non-hydrogen) atoms. The summed E-state index contributed by atoms with van der Waals surface area (Å²) in [5.74, 6) is 0. The van der Waals surface area contributed by atoms with Crippen LogP contribution in [0.4, 0.5) is 0 Å². The van der Waals surface area contributed by atoms with Gasteiger partial charge in [0.25, 0.3) is 13.4 Å². The lowest BCUT2D eigenvalue weighted by Crippen LogP contribution is -2.41. The van der Waals surface area contributed by atoms with Crippen LogP contribution >= 0.6 is 7.82 Å². The molecule has 0 aliphatic carbocycles. The molecular weight excluding hydrogens is 335 g/mol. The summed E-state index contributed by atoms with van der Waals surface area (Å²) in [6.45, 7) is -0.303. The van der Waals surface area contributed by atoms with E-state index in [1.165, 1.54) is 10.9 Å². The van der Waals surface area contributed by atoms with Gasteiger partial charge in [-0.1, -0.05) is 0 Å². The van der Waals surface area contributed by atoms with Crippen LogP contribution in [0.3, 0.4) is 0 Å². The monoisotopic (exact) mass is 345 g/mol. The van der Waals surface area contributed by atoms with E-state index in [2.05, 4.69) is 14.5 Å². The number of phosphoric acid groups is 1. The first-order chi connectivity index (χ1) is 10.9. The van der Waals surface area contributed by atoms with E-state index in [0.717, 1.165) is 0 Å². The number of nitrogens with zero attached hydrogens (tertiary/aromatic N) is 2. The zero-order valence-corrected chi connectivity index (χ0v) is 12.1. The second-order valence-corrected chi connectivity index (χ2v) is 6.49. The normalized spacial score (nSPS) is 37.1. The third-order valence-corrected chi connectivity index (χ3v) is 4.67. The van der Waals surface area contributed by atoms with E-state index in [1.54, 1.807) is 0 Å². The van der Waals surface area contributed by atoms with Crippen molar-refractivity contribution in [3.8, 4) is 0 Å². The van der Waals surface area contributed by atoms with Gasteiger partial charge in [-0.15, -0.1) is 0 Å². The number of nitrogens with one attached hydrogen (secondary N) is 2. The molecule has 2 saturated heterocycles. The fourth-order valence-electron chi connectivity index (χ4n) is 2.70. The van der Waals surface area contributed by atoms with Gasteiger partial charge in [-0.3, -0.25) is 23.9 Å². The fraction of sp³-hybridized carbons (Fsp3) is 0.500. The molecule has 0 radical (unpaired) electrons. The molecule has 0 bridgehead atoms. The van der Waals surface area contributed by atoms with Crippen LogP contribution in [-0.4, -0.2) is 49.5 Å². The predicted molar refractivity (Wildman–Crippen MR) is 69.3 cm³/mol. The van der Waals surface area contributed by atoms with Crippen LogP contribution in [0.1, 0.15) is 6.23 Å². The highest BCUT2D eigenvalue weighted by Gasteiger charge is 2.50. The SMILES string of the molecule is O=c1[nH]c(=O)c2ncn(C3OC4COP(=O)([O-])OC4C3O)c2[nH]1. The van der Waals surface area contributed by atoms with Gasteiger partial charge in [-0.25, -0.2) is 9.78 Å². The van der Waals surface area contributed by atoms with Crippen molar-refractivity contribution >= 4 is 19.0 Å². The minimum Gasteiger partial charge on any atom is -0.756 e. The summed E-state index contributed by atoms with van der Waals surface area (Å²) < 4.78 is 27.4. The van der Waals surface area contributed by atoms with E-state index in [1.807, 2.05) is 4.98 Å². The number of aromatic nitrogens is 4. The maximum Gasteiger partial charge on any atom is 0.327 e. The van der Waals surface area contributed by atoms with Crippen molar-refractivity contribution in [1.29, 1.82) is 0 Å². The zero-order valence-electron chi connectivity index (χ0n) is 11.2. The molecule has 2 aliphatic heterocycles. The van der Waals surface area contributed by atoms with Crippen LogP contribution in [0.5, 0.6) is 0 Å². The second-order valence-electron chi connectivity index (χ2n) is 5.13. The van der Waals surface area contributed by atoms with Gasteiger partial charge in [0.1, 0.15) is 24.0 Å². The van der Waals surface area contributed by atoms with Gasteiger partial charge in [0.05, 0.1) is 12.9 Å². The van der Waals surface area contributed by atoms with E-state index in [4.69, 9.17) is 9.26 Å². The molecule has 4 heterocycles. The molecule has 2 aliphatic rings. The van der Waals surface area contributed by atoms with E-state index in [-0.39, 0.29) is 17.8 Å². The van der Waals surface area contributed by atoms with E-state index in [0.29, 0.717) is 0 Å². The quantitative estimate of drug-likeness (QED) is 0.474. The third-order valence-electron chi connectivity index (χ3n) is 3.70. The van der Waals surface area contributed by atoms with Crippen LogP contribution in [-0.2, 0) is 18.3 Å². The number of aliphatic hydroxyl groups excluding tert-OH is 1. The lowest BCUT2D eigenvalue weighted by atomic mass is 10.1. The Morgan fingerprint density at radius 1 is 1.43 bits per heavy atom. The first-order valence-electron chi connectivity index (χ1n) is 6.52.